The molecule has 1 aliphatic heterocycles. The standard InChI is InChI=1S/C20H20F3NO2/c1-24(14-16-6-9-18-19(13-16)26-12-11-25-18)10-2-3-15-4-7-17(8-5-15)20(21,22)23/h2-9,13H,10-12,14H2,1H3/b3-2+. The molecule has 1 heterocycles. The number of halogens is 3. The van der Waals surface area contributed by atoms with Gasteiger partial charge in [0.15, 0.2) is 11.5 Å². The Morgan fingerprint density at radius 3 is 2.38 bits per heavy atom. The van der Waals surface area contributed by atoms with Gasteiger partial charge in [-0.1, -0.05) is 30.4 Å². The lowest BCUT2D eigenvalue weighted by molar-refractivity contribution is -0.137. The molecule has 0 N–H and O–H groups in total. The van der Waals surface area contributed by atoms with Crippen molar-refractivity contribution in [2.75, 3.05) is 26.8 Å². The lowest BCUT2D eigenvalue weighted by Gasteiger charge is -2.20. The molecule has 0 fully saturated rings. The summed E-state index contributed by atoms with van der Waals surface area (Å²) in [5, 5.41) is 0. The van der Waals surface area contributed by atoms with Gasteiger partial charge in [0.2, 0.25) is 0 Å². The van der Waals surface area contributed by atoms with Crippen LogP contribution in [0.15, 0.2) is 48.5 Å². The molecule has 6 heteroatoms. The molecule has 3 nitrogen and oxygen atoms in total. The molecule has 0 aliphatic carbocycles. The minimum absolute atomic E-state index is 0.558. The number of nitrogens with zero attached hydrogens (tertiary/aromatic N) is 1. The molecular formula is C20H20F3NO2. The van der Waals surface area contributed by atoms with Crippen molar-refractivity contribution in [2.45, 2.75) is 12.7 Å². The number of fused-ring (bicyclic) bond motifs is 1. The molecule has 0 radical (unpaired) electrons. The third kappa shape index (κ3) is 4.79. The average molecular weight is 363 g/mol. The van der Waals surface area contributed by atoms with Crippen molar-refractivity contribution in [1.82, 2.24) is 4.90 Å². The molecule has 0 unspecified atom stereocenters. The first kappa shape index (κ1) is 18.3. The molecule has 0 amide bonds. The van der Waals surface area contributed by atoms with Crippen LogP contribution in [0, 0.1) is 0 Å². The minimum Gasteiger partial charge on any atom is -0.486 e. The van der Waals surface area contributed by atoms with Crippen molar-refractivity contribution in [1.29, 1.82) is 0 Å². The van der Waals surface area contributed by atoms with Gasteiger partial charge in [-0.2, -0.15) is 13.2 Å². The van der Waals surface area contributed by atoms with E-state index in [4.69, 9.17) is 9.47 Å². The Labute approximate surface area is 150 Å². The van der Waals surface area contributed by atoms with Gasteiger partial charge in [-0.05, 0) is 42.4 Å². The van der Waals surface area contributed by atoms with E-state index < -0.39 is 11.7 Å². The van der Waals surface area contributed by atoms with Crippen molar-refractivity contribution in [2.24, 2.45) is 0 Å². The minimum atomic E-state index is -4.30. The highest BCUT2D eigenvalue weighted by atomic mass is 19.4. The van der Waals surface area contributed by atoms with Gasteiger partial charge < -0.3 is 9.47 Å². The Kier molecular flexibility index (Phi) is 5.52. The van der Waals surface area contributed by atoms with Gasteiger partial charge in [0, 0.05) is 13.1 Å². The first-order chi connectivity index (χ1) is 12.4. The number of rotatable bonds is 5. The fourth-order valence-corrected chi connectivity index (χ4v) is 2.71. The van der Waals surface area contributed by atoms with Gasteiger partial charge in [0.1, 0.15) is 13.2 Å². The molecule has 26 heavy (non-hydrogen) atoms. The summed E-state index contributed by atoms with van der Waals surface area (Å²) in [6.45, 7) is 2.53. The van der Waals surface area contributed by atoms with Gasteiger partial charge in [-0.3, -0.25) is 4.90 Å². The summed E-state index contributed by atoms with van der Waals surface area (Å²) in [5.41, 5.74) is 1.22. The van der Waals surface area contributed by atoms with E-state index in [1.54, 1.807) is 0 Å². The predicted octanol–water partition coefficient (Wildman–Crippen LogP) is 4.62. The Bertz CT molecular complexity index is 770. The van der Waals surface area contributed by atoms with Crippen LogP contribution in [0.25, 0.3) is 6.08 Å². The summed E-state index contributed by atoms with van der Waals surface area (Å²) in [6.07, 6.45) is -0.548. The maximum atomic E-state index is 12.5. The fourth-order valence-electron chi connectivity index (χ4n) is 2.71. The SMILES string of the molecule is CN(C/C=C/c1ccc(C(F)(F)F)cc1)Cc1ccc2c(c1)OCCO2. The van der Waals surface area contributed by atoms with Gasteiger partial charge in [0.25, 0.3) is 0 Å². The van der Waals surface area contributed by atoms with Crippen molar-refractivity contribution < 1.29 is 22.6 Å². The van der Waals surface area contributed by atoms with Crippen LogP contribution >= 0.6 is 0 Å². The van der Waals surface area contributed by atoms with Crippen LogP contribution in [-0.2, 0) is 12.7 Å². The lowest BCUT2D eigenvalue weighted by atomic mass is 10.1. The van der Waals surface area contributed by atoms with Crippen molar-refractivity contribution >= 4 is 6.08 Å². The first-order valence-corrected chi connectivity index (χ1v) is 8.33. The molecule has 0 saturated heterocycles. The van der Waals surface area contributed by atoms with E-state index in [0.717, 1.165) is 41.3 Å². The summed E-state index contributed by atoms with van der Waals surface area (Å²) >= 11 is 0. The van der Waals surface area contributed by atoms with E-state index in [9.17, 15) is 13.2 Å². The summed E-state index contributed by atoms with van der Waals surface area (Å²) in [4.78, 5) is 2.10. The molecule has 1 aliphatic rings. The van der Waals surface area contributed by atoms with E-state index >= 15 is 0 Å². The van der Waals surface area contributed by atoms with E-state index in [-0.39, 0.29) is 0 Å². The Morgan fingerprint density at radius 2 is 1.69 bits per heavy atom. The number of ether oxygens (including phenoxy) is 2. The lowest BCUT2D eigenvalue weighted by Crippen LogP contribution is -2.19. The van der Waals surface area contributed by atoms with E-state index in [1.807, 2.05) is 37.4 Å². The third-order valence-electron chi connectivity index (χ3n) is 4.02. The molecule has 3 rings (SSSR count). The molecule has 0 saturated carbocycles. The Morgan fingerprint density at radius 1 is 1.00 bits per heavy atom. The topological polar surface area (TPSA) is 21.7 Å². The van der Waals surface area contributed by atoms with Crippen LogP contribution < -0.4 is 9.47 Å². The largest absolute Gasteiger partial charge is 0.486 e. The zero-order valence-corrected chi connectivity index (χ0v) is 14.4. The molecular weight excluding hydrogens is 343 g/mol. The van der Waals surface area contributed by atoms with E-state index in [0.29, 0.717) is 19.8 Å². The van der Waals surface area contributed by atoms with Crippen LogP contribution in [0.5, 0.6) is 11.5 Å². The van der Waals surface area contributed by atoms with Crippen LogP contribution in [0.1, 0.15) is 16.7 Å². The number of benzene rings is 2. The van der Waals surface area contributed by atoms with Crippen LogP contribution in [0.4, 0.5) is 13.2 Å². The predicted molar refractivity (Wildman–Crippen MR) is 94.2 cm³/mol. The maximum Gasteiger partial charge on any atom is 0.416 e. The van der Waals surface area contributed by atoms with Crippen molar-refractivity contribution in [3.63, 3.8) is 0 Å². The second kappa shape index (κ2) is 7.83. The zero-order chi connectivity index (χ0) is 18.6. The summed E-state index contributed by atoms with van der Waals surface area (Å²) in [6, 6.07) is 11.0. The molecule has 2 aromatic rings. The van der Waals surface area contributed by atoms with Gasteiger partial charge >= 0.3 is 6.18 Å². The van der Waals surface area contributed by atoms with Gasteiger partial charge in [0.05, 0.1) is 5.56 Å². The maximum absolute atomic E-state index is 12.5. The van der Waals surface area contributed by atoms with Crippen LogP contribution in [0.2, 0.25) is 0 Å². The smallest absolute Gasteiger partial charge is 0.416 e. The number of hydrogen-bond acceptors (Lipinski definition) is 3. The Balaban J connectivity index is 1.53. The second-order valence-corrected chi connectivity index (χ2v) is 6.20. The van der Waals surface area contributed by atoms with Crippen molar-refractivity contribution in [3.05, 3.63) is 65.2 Å². The summed E-state index contributed by atoms with van der Waals surface area (Å²) in [7, 11) is 1.98. The average Bonchev–Trinajstić information content (AvgIpc) is 2.61. The molecule has 0 aromatic heterocycles. The third-order valence-corrected chi connectivity index (χ3v) is 4.02. The molecule has 0 spiro atoms. The number of hydrogen-bond donors (Lipinski definition) is 0. The normalized spacial score (nSPS) is 14.2. The van der Waals surface area contributed by atoms with Gasteiger partial charge in [-0.15, -0.1) is 0 Å². The first-order valence-electron chi connectivity index (χ1n) is 8.33. The van der Waals surface area contributed by atoms with Gasteiger partial charge in [-0.25, -0.2) is 0 Å². The van der Waals surface area contributed by atoms with Crippen LogP contribution in [-0.4, -0.2) is 31.7 Å². The number of alkyl halides is 3. The summed E-state index contributed by atoms with van der Waals surface area (Å²) in [5.74, 6) is 1.53. The zero-order valence-electron chi connectivity index (χ0n) is 14.4. The second-order valence-electron chi connectivity index (χ2n) is 6.20. The molecule has 2 aromatic carbocycles. The summed E-state index contributed by atoms with van der Waals surface area (Å²) < 4.78 is 48.7. The highest BCUT2D eigenvalue weighted by Gasteiger charge is 2.29. The molecule has 0 bridgehead atoms. The fraction of sp³-hybridized carbons (Fsp3) is 0.300. The van der Waals surface area contributed by atoms with Crippen molar-refractivity contribution in [3.8, 4) is 11.5 Å². The highest BCUT2D eigenvalue weighted by Crippen LogP contribution is 2.31. The monoisotopic (exact) mass is 363 g/mol. The quantitative estimate of drug-likeness (QED) is 0.774. The number of likely N-dealkylation sites (N-methyl/N-ethyl adjacent to an activating group) is 1. The van der Waals surface area contributed by atoms with E-state index in [2.05, 4.69) is 4.90 Å². The van der Waals surface area contributed by atoms with Crippen LogP contribution in [0.3, 0.4) is 0 Å². The molecule has 138 valence electrons. The Hall–Kier alpha value is -2.47. The van der Waals surface area contributed by atoms with E-state index in [1.165, 1.54) is 12.1 Å². The highest BCUT2D eigenvalue weighted by molar-refractivity contribution is 5.50. The molecule has 0 atom stereocenters.